The number of aromatic nitrogens is 2. The number of allylic oxidation sites excluding steroid dienone is 1. The summed E-state index contributed by atoms with van der Waals surface area (Å²) in [6.45, 7) is 7.76. The molecule has 0 saturated heterocycles. The van der Waals surface area contributed by atoms with Crippen molar-refractivity contribution in [3.63, 3.8) is 0 Å². The topological polar surface area (TPSA) is 109 Å². The number of nitro benzene ring substituents is 1. The minimum atomic E-state index is -0.418. The second-order valence-electron chi connectivity index (χ2n) is 7.62. The Bertz CT molecular complexity index is 1380. The van der Waals surface area contributed by atoms with Crippen LogP contribution >= 0.6 is 0 Å². The first kappa shape index (κ1) is 20.1. The lowest BCUT2D eigenvalue weighted by Gasteiger charge is -2.04. The maximum atomic E-state index is 11.5. The molecule has 0 aliphatic carbocycles. The quantitative estimate of drug-likeness (QED) is 0.250. The SMILES string of the molecule is Cc1cc(-c2ccc(/C=C(\C#N)c3nc4cc(C)c(C)cc4[nH]3)o2)c([N+](=O)[O-])cc1C. The van der Waals surface area contributed by atoms with Crippen LogP contribution in [0.5, 0.6) is 0 Å². The molecule has 0 atom stereocenters. The van der Waals surface area contributed by atoms with E-state index in [9.17, 15) is 15.4 Å². The Labute approximate surface area is 178 Å². The molecule has 0 fully saturated rings. The van der Waals surface area contributed by atoms with Crippen LogP contribution < -0.4 is 0 Å². The number of hydrogen-bond donors (Lipinski definition) is 1. The van der Waals surface area contributed by atoms with Gasteiger partial charge >= 0.3 is 0 Å². The molecule has 0 radical (unpaired) electrons. The van der Waals surface area contributed by atoms with Crippen molar-refractivity contribution in [1.82, 2.24) is 9.97 Å². The van der Waals surface area contributed by atoms with Gasteiger partial charge in [0.25, 0.3) is 5.69 Å². The summed E-state index contributed by atoms with van der Waals surface area (Å²) in [6.07, 6.45) is 1.58. The molecule has 4 aromatic rings. The van der Waals surface area contributed by atoms with Gasteiger partial charge in [0.2, 0.25) is 0 Å². The predicted octanol–water partition coefficient (Wildman–Crippen LogP) is 6.03. The number of H-pyrrole nitrogens is 1. The zero-order chi connectivity index (χ0) is 22.3. The van der Waals surface area contributed by atoms with E-state index in [1.54, 1.807) is 30.3 Å². The highest BCUT2D eigenvalue weighted by atomic mass is 16.6. The molecule has 2 aromatic carbocycles. The molecule has 154 valence electrons. The summed E-state index contributed by atoms with van der Waals surface area (Å²) in [6, 6.07) is 12.8. The van der Waals surface area contributed by atoms with E-state index in [1.165, 1.54) is 0 Å². The molecule has 0 bridgehead atoms. The zero-order valence-electron chi connectivity index (χ0n) is 17.6. The Morgan fingerprint density at radius 2 is 1.77 bits per heavy atom. The predicted molar refractivity (Wildman–Crippen MR) is 119 cm³/mol. The van der Waals surface area contributed by atoms with Gasteiger partial charge in [-0.25, -0.2) is 4.98 Å². The Kier molecular flexibility index (Phi) is 4.91. The number of rotatable bonds is 4. The molecule has 0 spiro atoms. The standard InChI is InChI=1S/C24H20N4O3/c1-13-7-19(22(28(29)30)10-16(13)4)23-6-5-18(31-23)11-17(12-25)24-26-20-8-14(2)15(3)9-21(20)27-24/h5-11H,1-4H3,(H,26,27)/b17-11+. The van der Waals surface area contributed by atoms with Gasteiger partial charge in [0, 0.05) is 12.1 Å². The number of hydrogen-bond acceptors (Lipinski definition) is 5. The number of imidazole rings is 1. The van der Waals surface area contributed by atoms with Crippen molar-refractivity contribution in [2.75, 3.05) is 0 Å². The van der Waals surface area contributed by atoms with Crippen LogP contribution in [0, 0.1) is 49.1 Å². The number of fused-ring (bicyclic) bond motifs is 1. The van der Waals surface area contributed by atoms with Crippen LogP contribution in [-0.2, 0) is 0 Å². The molecule has 0 aliphatic rings. The van der Waals surface area contributed by atoms with Gasteiger partial charge in [0.1, 0.15) is 23.4 Å². The lowest BCUT2D eigenvalue weighted by Crippen LogP contribution is -1.94. The van der Waals surface area contributed by atoms with E-state index >= 15 is 0 Å². The van der Waals surface area contributed by atoms with Gasteiger partial charge in [-0.3, -0.25) is 10.1 Å². The lowest BCUT2D eigenvalue weighted by molar-refractivity contribution is -0.384. The second kappa shape index (κ2) is 7.58. The molecule has 7 heteroatoms. The van der Waals surface area contributed by atoms with Crippen LogP contribution in [0.4, 0.5) is 5.69 Å². The summed E-state index contributed by atoms with van der Waals surface area (Å²) in [5, 5.41) is 21.2. The van der Waals surface area contributed by atoms with Crippen molar-refractivity contribution in [2.24, 2.45) is 0 Å². The summed E-state index contributed by atoms with van der Waals surface area (Å²) >= 11 is 0. The molecule has 0 amide bonds. The van der Waals surface area contributed by atoms with Gasteiger partial charge in [-0.1, -0.05) is 0 Å². The fourth-order valence-corrected chi connectivity index (χ4v) is 3.42. The highest BCUT2D eigenvalue weighted by molar-refractivity contribution is 5.90. The first-order chi connectivity index (χ1) is 14.8. The van der Waals surface area contributed by atoms with Crippen molar-refractivity contribution in [3.05, 3.63) is 80.4 Å². The monoisotopic (exact) mass is 412 g/mol. The molecule has 2 aromatic heterocycles. The number of nitro groups is 1. The third-order valence-electron chi connectivity index (χ3n) is 5.46. The highest BCUT2D eigenvalue weighted by Crippen LogP contribution is 2.34. The number of aryl methyl sites for hydroxylation is 4. The molecule has 0 unspecified atom stereocenters. The summed E-state index contributed by atoms with van der Waals surface area (Å²) in [7, 11) is 0. The average Bonchev–Trinajstić information content (AvgIpc) is 3.35. The number of nitrogens with zero attached hydrogens (tertiary/aromatic N) is 3. The summed E-state index contributed by atoms with van der Waals surface area (Å²) in [5.41, 5.74) is 6.35. The van der Waals surface area contributed by atoms with E-state index in [1.807, 2.05) is 39.8 Å². The van der Waals surface area contributed by atoms with Gasteiger partial charge in [-0.2, -0.15) is 5.26 Å². The first-order valence-corrected chi connectivity index (χ1v) is 9.72. The Morgan fingerprint density at radius 1 is 1.10 bits per heavy atom. The van der Waals surface area contributed by atoms with E-state index in [4.69, 9.17) is 4.42 Å². The molecule has 0 aliphatic heterocycles. The van der Waals surface area contributed by atoms with Crippen molar-refractivity contribution in [1.29, 1.82) is 5.26 Å². The van der Waals surface area contributed by atoms with Crippen LogP contribution in [-0.4, -0.2) is 14.9 Å². The second-order valence-corrected chi connectivity index (χ2v) is 7.62. The number of nitriles is 1. The number of benzene rings is 2. The van der Waals surface area contributed by atoms with Gasteiger partial charge in [-0.15, -0.1) is 0 Å². The van der Waals surface area contributed by atoms with E-state index in [0.29, 0.717) is 28.5 Å². The zero-order valence-corrected chi connectivity index (χ0v) is 17.6. The van der Waals surface area contributed by atoms with Gasteiger partial charge in [0.05, 0.1) is 27.1 Å². The van der Waals surface area contributed by atoms with Crippen molar-refractivity contribution < 1.29 is 9.34 Å². The summed E-state index contributed by atoms with van der Waals surface area (Å²) in [4.78, 5) is 18.8. The molecule has 2 heterocycles. The largest absolute Gasteiger partial charge is 0.456 e. The van der Waals surface area contributed by atoms with Crippen LogP contribution in [0.3, 0.4) is 0 Å². The van der Waals surface area contributed by atoms with Crippen LogP contribution in [0.25, 0.3) is 34.0 Å². The molecule has 1 N–H and O–H groups in total. The normalized spacial score (nSPS) is 11.6. The maximum Gasteiger partial charge on any atom is 0.280 e. The molecular weight excluding hydrogens is 392 g/mol. The minimum absolute atomic E-state index is 0.0171. The summed E-state index contributed by atoms with van der Waals surface area (Å²) < 4.78 is 5.85. The van der Waals surface area contributed by atoms with E-state index in [-0.39, 0.29) is 5.69 Å². The van der Waals surface area contributed by atoms with E-state index in [2.05, 4.69) is 16.0 Å². The highest BCUT2D eigenvalue weighted by Gasteiger charge is 2.20. The van der Waals surface area contributed by atoms with E-state index < -0.39 is 4.92 Å². The smallest absolute Gasteiger partial charge is 0.280 e. The van der Waals surface area contributed by atoms with Crippen LogP contribution in [0.15, 0.2) is 40.8 Å². The fraction of sp³-hybridized carbons (Fsp3) is 0.167. The Hall–Kier alpha value is -4.18. The molecular formula is C24H20N4O3. The maximum absolute atomic E-state index is 11.5. The minimum Gasteiger partial charge on any atom is -0.456 e. The number of furan rings is 1. The molecule has 31 heavy (non-hydrogen) atoms. The molecule has 0 saturated carbocycles. The number of aromatic amines is 1. The third kappa shape index (κ3) is 3.71. The first-order valence-electron chi connectivity index (χ1n) is 9.72. The van der Waals surface area contributed by atoms with Crippen molar-refractivity contribution in [2.45, 2.75) is 27.7 Å². The third-order valence-corrected chi connectivity index (χ3v) is 5.46. The molecule has 4 rings (SSSR count). The van der Waals surface area contributed by atoms with Gasteiger partial charge in [0.15, 0.2) is 0 Å². The van der Waals surface area contributed by atoms with Crippen molar-refractivity contribution in [3.8, 4) is 17.4 Å². The average molecular weight is 412 g/mol. The van der Waals surface area contributed by atoms with Crippen LogP contribution in [0.1, 0.15) is 33.8 Å². The van der Waals surface area contributed by atoms with Gasteiger partial charge in [-0.05, 0) is 80.3 Å². The molecule has 7 nitrogen and oxygen atoms in total. The number of nitrogens with one attached hydrogen (secondary N) is 1. The summed E-state index contributed by atoms with van der Waals surface area (Å²) in [5.74, 6) is 1.22. The van der Waals surface area contributed by atoms with Crippen molar-refractivity contribution >= 4 is 28.4 Å². The van der Waals surface area contributed by atoms with Crippen LogP contribution in [0.2, 0.25) is 0 Å². The fourth-order valence-electron chi connectivity index (χ4n) is 3.42. The van der Waals surface area contributed by atoms with E-state index in [0.717, 1.165) is 33.3 Å². The lowest BCUT2D eigenvalue weighted by atomic mass is 10.0. The Morgan fingerprint density at radius 3 is 2.48 bits per heavy atom. The Balaban J connectivity index is 1.75. The van der Waals surface area contributed by atoms with Gasteiger partial charge < -0.3 is 9.40 Å².